The van der Waals surface area contributed by atoms with Gasteiger partial charge in [-0.3, -0.25) is 4.72 Å². The second-order valence-electron chi connectivity index (χ2n) is 3.21. The smallest absolute Gasteiger partial charge is 0.357 e. The van der Waals surface area contributed by atoms with Gasteiger partial charge in [0.05, 0.1) is 17.7 Å². The summed E-state index contributed by atoms with van der Waals surface area (Å²) in [6, 6.07) is 2.59. The molecule has 1 N–H and O–H groups in total. The number of hydrogen-bond donors (Lipinski definition) is 1. The number of esters is 1. The van der Waals surface area contributed by atoms with E-state index in [1.54, 1.807) is 0 Å². The Labute approximate surface area is 106 Å². The molecule has 18 heavy (non-hydrogen) atoms. The second-order valence-corrected chi connectivity index (χ2v) is 5.58. The van der Waals surface area contributed by atoms with Crippen LogP contribution in [0.4, 0.5) is 4.39 Å². The Balaban J connectivity index is 2.47. The molecule has 1 aromatic heterocycles. The highest BCUT2D eigenvalue weighted by Gasteiger charge is 2.24. The Morgan fingerprint density at radius 2 is 2.22 bits per heavy atom. The molecule has 0 saturated heterocycles. The lowest BCUT2D eigenvalue weighted by Gasteiger charge is -2.12. The van der Waals surface area contributed by atoms with E-state index in [0.717, 1.165) is 18.4 Å². The predicted molar refractivity (Wildman–Crippen MR) is 63.8 cm³/mol. The molecule has 0 spiro atoms. The van der Waals surface area contributed by atoms with Crippen LogP contribution in [0.15, 0.2) is 22.6 Å². The van der Waals surface area contributed by atoms with Gasteiger partial charge in [-0.2, -0.15) is 12.8 Å². The van der Waals surface area contributed by atoms with Gasteiger partial charge in [0.2, 0.25) is 0 Å². The maximum absolute atomic E-state index is 12.9. The first-order chi connectivity index (χ1) is 8.41. The van der Waals surface area contributed by atoms with Gasteiger partial charge < -0.3 is 4.74 Å². The molecule has 1 aliphatic heterocycles. The normalized spacial score (nSPS) is 17.4. The van der Waals surface area contributed by atoms with Crippen LogP contribution in [0.25, 0.3) is 5.70 Å². The number of carbonyl (C=O) groups is 1. The molecule has 0 amide bonds. The molecule has 0 atom stereocenters. The van der Waals surface area contributed by atoms with Crippen molar-refractivity contribution in [3.8, 4) is 0 Å². The van der Waals surface area contributed by atoms with E-state index in [0.29, 0.717) is 4.88 Å². The number of ether oxygens (including phenoxy) is 1. The quantitative estimate of drug-likeness (QED) is 0.812. The highest BCUT2D eigenvalue weighted by Crippen LogP contribution is 2.24. The first-order valence-electron chi connectivity index (χ1n) is 4.60. The second kappa shape index (κ2) is 4.50. The first kappa shape index (κ1) is 12.7. The molecule has 0 bridgehead atoms. The number of thiophene rings is 1. The number of hydrogen-bond acceptors (Lipinski definition) is 5. The molecule has 0 unspecified atom stereocenters. The zero-order valence-corrected chi connectivity index (χ0v) is 10.6. The largest absolute Gasteiger partial charge is 0.464 e. The highest BCUT2D eigenvalue weighted by atomic mass is 32.2. The summed E-state index contributed by atoms with van der Waals surface area (Å²) in [6.45, 7) is 0. The van der Waals surface area contributed by atoms with Crippen molar-refractivity contribution in [2.45, 2.75) is 0 Å². The third kappa shape index (κ3) is 2.57. The number of methoxy groups -OCH3 is 1. The maximum atomic E-state index is 12.9. The van der Waals surface area contributed by atoms with Gasteiger partial charge in [0.25, 0.3) is 0 Å². The van der Waals surface area contributed by atoms with Gasteiger partial charge in [0.1, 0.15) is 0 Å². The van der Waals surface area contributed by atoms with Crippen molar-refractivity contribution in [2.75, 3.05) is 7.11 Å². The van der Waals surface area contributed by atoms with Crippen LogP contribution < -0.4 is 4.72 Å². The summed E-state index contributed by atoms with van der Waals surface area (Å²) in [5.41, 5.74) is -0.278. The average molecular weight is 290 g/mol. The molecule has 2 rings (SSSR count). The molecule has 1 aliphatic rings. The fourth-order valence-corrected chi connectivity index (χ4v) is 2.91. The van der Waals surface area contributed by atoms with Gasteiger partial charge in [0.15, 0.2) is 10.8 Å². The Morgan fingerprint density at radius 3 is 2.78 bits per heavy atom. The standard InChI is InChI=1S/C9H7FN2O4S2/c1-16-9(13)6-4-5(11-18(14,15)12-6)7-2-3-8(10)17-7/h2-4,11H,1H3. The summed E-state index contributed by atoms with van der Waals surface area (Å²) in [7, 11) is -2.91. The van der Waals surface area contributed by atoms with E-state index in [9.17, 15) is 17.6 Å². The van der Waals surface area contributed by atoms with Gasteiger partial charge in [-0.15, -0.1) is 15.7 Å². The predicted octanol–water partition coefficient (Wildman–Crippen LogP) is 0.690. The number of carbonyl (C=O) groups excluding carboxylic acids is 1. The summed E-state index contributed by atoms with van der Waals surface area (Å²) in [6.07, 6.45) is 1.19. The van der Waals surface area contributed by atoms with E-state index in [2.05, 4.69) is 13.9 Å². The van der Waals surface area contributed by atoms with Crippen LogP contribution in [0.2, 0.25) is 0 Å². The van der Waals surface area contributed by atoms with Crippen molar-refractivity contribution >= 4 is 38.9 Å². The van der Waals surface area contributed by atoms with Crippen molar-refractivity contribution in [3.63, 3.8) is 0 Å². The van der Waals surface area contributed by atoms with Crippen molar-refractivity contribution in [2.24, 2.45) is 4.40 Å². The minimum Gasteiger partial charge on any atom is -0.464 e. The summed E-state index contributed by atoms with van der Waals surface area (Å²) < 4.78 is 45.5. The van der Waals surface area contributed by atoms with Crippen LogP contribution in [0.5, 0.6) is 0 Å². The fourth-order valence-electron chi connectivity index (χ4n) is 1.27. The van der Waals surface area contributed by atoms with Crippen LogP contribution in [0.3, 0.4) is 0 Å². The lowest BCUT2D eigenvalue weighted by molar-refractivity contribution is -0.132. The van der Waals surface area contributed by atoms with Gasteiger partial charge in [-0.1, -0.05) is 0 Å². The van der Waals surface area contributed by atoms with E-state index < -0.39 is 21.3 Å². The SMILES string of the molecule is COC(=O)C1=NS(=O)(=O)NC(c2ccc(F)s2)=C1. The molecular weight excluding hydrogens is 283 g/mol. The molecule has 0 radical (unpaired) electrons. The Kier molecular flexibility index (Phi) is 3.18. The molecular formula is C9H7FN2O4S2. The van der Waals surface area contributed by atoms with E-state index in [1.807, 2.05) is 0 Å². The van der Waals surface area contributed by atoms with Crippen LogP contribution in [-0.4, -0.2) is 27.2 Å². The molecule has 0 saturated carbocycles. The molecule has 2 heterocycles. The topological polar surface area (TPSA) is 84.8 Å². The monoisotopic (exact) mass is 290 g/mol. The summed E-state index contributed by atoms with van der Waals surface area (Å²) >= 11 is 0.747. The van der Waals surface area contributed by atoms with Gasteiger partial charge in [-0.25, -0.2) is 4.79 Å². The Hall–Kier alpha value is -1.74. The van der Waals surface area contributed by atoms with Crippen LogP contribution in [0.1, 0.15) is 4.88 Å². The van der Waals surface area contributed by atoms with Crippen LogP contribution >= 0.6 is 11.3 Å². The third-order valence-corrected chi connectivity index (χ3v) is 3.79. The maximum Gasteiger partial charge on any atom is 0.357 e. The van der Waals surface area contributed by atoms with E-state index in [1.165, 1.54) is 18.2 Å². The van der Waals surface area contributed by atoms with Gasteiger partial charge in [0, 0.05) is 0 Å². The van der Waals surface area contributed by atoms with Crippen LogP contribution in [-0.2, 0) is 19.7 Å². The lowest BCUT2D eigenvalue weighted by Crippen LogP contribution is -2.29. The minimum absolute atomic E-state index is 0.0827. The highest BCUT2D eigenvalue weighted by molar-refractivity contribution is 7.88. The fraction of sp³-hybridized carbons (Fsp3) is 0.111. The summed E-state index contributed by atoms with van der Waals surface area (Å²) in [5, 5.41) is -0.466. The third-order valence-electron chi connectivity index (χ3n) is 1.97. The molecule has 96 valence electrons. The van der Waals surface area contributed by atoms with Crippen molar-refractivity contribution < 1.29 is 22.3 Å². The van der Waals surface area contributed by atoms with Crippen molar-refractivity contribution in [1.29, 1.82) is 0 Å². The summed E-state index contributed by atoms with van der Waals surface area (Å²) in [5.74, 6) is -0.880. The van der Waals surface area contributed by atoms with Crippen LogP contribution in [0, 0.1) is 5.13 Å². The molecule has 0 aromatic carbocycles. The summed E-state index contributed by atoms with van der Waals surface area (Å²) in [4.78, 5) is 11.6. The zero-order chi connectivity index (χ0) is 13.3. The molecule has 1 aromatic rings. The number of rotatable bonds is 2. The van der Waals surface area contributed by atoms with Gasteiger partial charge in [-0.05, 0) is 18.2 Å². The number of halogens is 1. The van der Waals surface area contributed by atoms with Gasteiger partial charge >= 0.3 is 16.2 Å². The Bertz CT molecular complexity index is 660. The molecule has 6 nitrogen and oxygen atoms in total. The van der Waals surface area contributed by atoms with E-state index in [-0.39, 0.29) is 11.4 Å². The first-order valence-corrected chi connectivity index (χ1v) is 6.85. The van der Waals surface area contributed by atoms with Crippen molar-refractivity contribution in [1.82, 2.24) is 4.72 Å². The lowest BCUT2D eigenvalue weighted by atomic mass is 10.2. The molecule has 0 aliphatic carbocycles. The van der Waals surface area contributed by atoms with E-state index >= 15 is 0 Å². The van der Waals surface area contributed by atoms with Crippen molar-refractivity contribution in [3.05, 3.63) is 28.2 Å². The molecule has 0 fully saturated rings. The number of nitrogens with zero attached hydrogens (tertiary/aromatic N) is 1. The number of nitrogens with one attached hydrogen (secondary N) is 1. The van der Waals surface area contributed by atoms with E-state index in [4.69, 9.17) is 0 Å². The molecule has 9 heteroatoms. The zero-order valence-electron chi connectivity index (χ0n) is 9.01. The Morgan fingerprint density at radius 1 is 1.50 bits per heavy atom. The minimum atomic E-state index is -4.02. The average Bonchev–Trinajstić information content (AvgIpc) is 2.72.